The van der Waals surface area contributed by atoms with Crippen molar-refractivity contribution in [2.75, 3.05) is 11.9 Å². The Morgan fingerprint density at radius 1 is 1.25 bits per heavy atom. The first kappa shape index (κ1) is 12.9. The first-order valence-electron chi connectivity index (χ1n) is 6.26. The molecule has 1 aliphatic rings. The maximum atomic E-state index is 13.2. The second-order valence-electron chi connectivity index (χ2n) is 4.29. The van der Waals surface area contributed by atoms with Gasteiger partial charge in [-0.2, -0.15) is 4.40 Å². The molecule has 2 N–H and O–H groups in total. The van der Waals surface area contributed by atoms with Gasteiger partial charge in [-0.05, 0) is 30.3 Å². The number of nitrogens with one attached hydrogen (secondary N) is 2. The summed E-state index contributed by atoms with van der Waals surface area (Å²) in [6, 6.07) is 10.5. The number of hydrogen-bond donors (Lipinski definition) is 2. The average Bonchev–Trinajstić information content (AvgIpc) is 2.48. The van der Waals surface area contributed by atoms with Crippen LogP contribution in [0.4, 0.5) is 10.1 Å². The number of rotatable bonds is 3. The lowest BCUT2D eigenvalue weighted by Gasteiger charge is -2.18. The zero-order chi connectivity index (χ0) is 13.8. The Labute approximate surface area is 120 Å². The van der Waals surface area contributed by atoms with E-state index in [1.807, 2.05) is 18.2 Å². The fourth-order valence-corrected chi connectivity index (χ4v) is 2.49. The summed E-state index contributed by atoms with van der Waals surface area (Å²) in [6.07, 6.45) is 2.59. The molecule has 0 fully saturated rings. The van der Waals surface area contributed by atoms with E-state index in [9.17, 15) is 4.39 Å². The summed E-state index contributed by atoms with van der Waals surface area (Å²) in [5.41, 5.74) is 1.76. The standard InChI is InChI=1S/C14H13FN4S/c15-10-4-5-13-12(9-10)18-14(19-20-13)17-8-6-11-3-1-2-7-16-11/h1-5,7,9H,6,8H2,(H2,17,18,19). The van der Waals surface area contributed by atoms with E-state index in [0.717, 1.165) is 22.7 Å². The van der Waals surface area contributed by atoms with Crippen LogP contribution in [0.2, 0.25) is 0 Å². The van der Waals surface area contributed by atoms with Crippen molar-refractivity contribution in [3.8, 4) is 0 Å². The lowest BCUT2D eigenvalue weighted by Crippen LogP contribution is -2.33. The van der Waals surface area contributed by atoms with Crippen molar-refractivity contribution in [2.24, 2.45) is 4.40 Å². The lowest BCUT2D eigenvalue weighted by molar-refractivity contribution is 0.627. The van der Waals surface area contributed by atoms with Crippen LogP contribution in [0.25, 0.3) is 0 Å². The van der Waals surface area contributed by atoms with Crippen molar-refractivity contribution in [2.45, 2.75) is 11.3 Å². The Kier molecular flexibility index (Phi) is 3.83. The molecule has 4 nitrogen and oxygen atoms in total. The van der Waals surface area contributed by atoms with E-state index in [-0.39, 0.29) is 5.82 Å². The molecule has 1 aromatic carbocycles. The summed E-state index contributed by atoms with van der Waals surface area (Å²) < 4.78 is 17.5. The highest BCUT2D eigenvalue weighted by Crippen LogP contribution is 2.31. The van der Waals surface area contributed by atoms with Crippen LogP contribution in [0.5, 0.6) is 0 Å². The largest absolute Gasteiger partial charge is 0.355 e. The number of guanidine groups is 1. The Bertz CT molecular complexity index is 630. The normalized spacial score (nSPS) is 13.2. The van der Waals surface area contributed by atoms with Crippen LogP contribution in [-0.2, 0) is 6.42 Å². The van der Waals surface area contributed by atoms with Crippen molar-refractivity contribution in [1.29, 1.82) is 0 Å². The van der Waals surface area contributed by atoms with Crippen LogP contribution >= 0.6 is 11.9 Å². The van der Waals surface area contributed by atoms with Gasteiger partial charge >= 0.3 is 0 Å². The van der Waals surface area contributed by atoms with Crippen molar-refractivity contribution in [1.82, 2.24) is 10.3 Å². The number of nitrogens with zero attached hydrogens (tertiary/aromatic N) is 2. The summed E-state index contributed by atoms with van der Waals surface area (Å²) in [6.45, 7) is 0.716. The molecule has 2 aromatic rings. The highest BCUT2D eigenvalue weighted by atomic mass is 32.2. The number of benzene rings is 1. The number of pyridine rings is 1. The number of anilines is 1. The van der Waals surface area contributed by atoms with E-state index in [1.54, 1.807) is 12.3 Å². The predicted octanol–water partition coefficient (Wildman–Crippen LogP) is 2.84. The molecule has 0 unspecified atom stereocenters. The third-order valence-electron chi connectivity index (χ3n) is 2.83. The van der Waals surface area contributed by atoms with Gasteiger partial charge in [-0.1, -0.05) is 6.07 Å². The molecule has 0 amide bonds. The van der Waals surface area contributed by atoms with E-state index in [1.165, 1.54) is 24.1 Å². The summed E-state index contributed by atoms with van der Waals surface area (Å²) in [4.78, 5) is 5.17. The van der Waals surface area contributed by atoms with Gasteiger partial charge in [0.15, 0.2) is 0 Å². The molecule has 0 bridgehead atoms. The van der Waals surface area contributed by atoms with Crippen molar-refractivity contribution < 1.29 is 4.39 Å². The number of halogens is 1. The smallest absolute Gasteiger partial charge is 0.207 e. The monoisotopic (exact) mass is 288 g/mol. The SMILES string of the molecule is Fc1ccc2c(c1)NC(NCCc1ccccn1)=NS2. The van der Waals surface area contributed by atoms with E-state index >= 15 is 0 Å². The van der Waals surface area contributed by atoms with Gasteiger partial charge in [0.25, 0.3) is 0 Å². The second-order valence-corrected chi connectivity index (χ2v) is 5.10. The molecule has 2 heterocycles. The molecule has 0 saturated carbocycles. The van der Waals surface area contributed by atoms with Gasteiger partial charge in [-0.3, -0.25) is 4.98 Å². The predicted molar refractivity (Wildman–Crippen MR) is 79.3 cm³/mol. The van der Waals surface area contributed by atoms with Crippen molar-refractivity contribution in [3.05, 3.63) is 54.1 Å². The van der Waals surface area contributed by atoms with Crippen LogP contribution in [0.15, 0.2) is 51.9 Å². The Morgan fingerprint density at radius 3 is 3.05 bits per heavy atom. The fraction of sp³-hybridized carbons (Fsp3) is 0.143. The molecule has 1 aliphatic heterocycles. The second kappa shape index (κ2) is 5.92. The van der Waals surface area contributed by atoms with Gasteiger partial charge in [-0.15, -0.1) is 0 Å². The maximum absolute atomic E-state index is 13.2. The molecule has 1 aromatic heterocycles. The molecule has 0 aliphatic carbocycles. The average molecular weight is 288 g/mol. The summed E-state index contributed by atoms with van der Waals surface area (Å²) in [7, 11) is 0. The zero-order valence-electron chi connectivity index (χ0n) is 10.6. The Hall–Kier alpha value is -2.08. The molecular weight excluding hydrogens is 275 g/mol. The molecule has 0 atom stereocenters. The molecule has 6 heteroatoms. The molecular formula is C14H13FN4S. The highest BCUT2D eigenvalue weighted by molar-refractivity contribution is 7.98. The maximum Gasteiger partial charge on any atom is 0.207 e. The molecule has 0 radical (unpaired) electrons. The first-order valence-corrected chi connectivity index (χ1v) is 7.04. The molecule has 0 saturated heterocycles. The van der Waals surface area contributed by atoms with Crippen molar-refractivity contribution in [3.63, 3.8) is 0 Å². The summed E-state index contributed by atoms with van der Waals surface area (Å²) in [5, 5.41) is 6.27. The number of fused-ring (bicyclic) bond motifs is 1. The topological polar surface area (TPSA) is 49.3 Å². The zero-order valence-corrected chi connectivity index (χ0v) is 11.5. The minimum atomic E-state index is -0.258. The fourth-order valence-electron chi connectivity index (χ4n) is 1.86. The van der Waals surface area contributed by atoms with E-state index in [0.29, 0.717) is 12.5 Å². The summed E-state index contributed by atoms with van der Waals surface area (Å²) >= 11 is 1.33. The summed E-state index contributed by atoms with van der Waals surface area (Å²) in [5.74, 6) is 0.385. The van der Waals surface area contributed by atoms with Crippen LogP contribution < -0.4 is 10.6 Å². The molecule has 20 heavy (non-hydrogen) atoms. The van der Waals surface area contributed by atoms with Gasteiger partial charge in [-0.25, -0.2) is 4.39 Å². The Balaban J connectivity index is 1.56. The van der Waals surface area contributed by atoms with Gasteiger partial charge in [0.05, 0.1) is 10.6 Å². The van der Waals surface area contributed by atoms with Crippen LogP contribution in [0.3, 0.4) is 0 Å². The van der Waals surface area contributed by atoms with E-state index < -0.39 is 0 Å². The van der Waals surface area contributed by atoms with Gasteiger partial charge in [0.2, 0.25) is 5.96 Å². The number of aromatic nitrogens is 1. The molecule has 102 valence electrons. The van der Waals surface area contributed by atoms with Crippen LogP contribution in [-0.4, -0.2) is 17.5 Å². The van der Waals surface area contributed by atoms with Crippen molar-refractivity contribution >= 4 is 23.6 Å². The minimum Gasteiger partial charge on any atom is -0.355 e. The third-order valence-corrected chi connectivity index (χ3v) is 3.66. The van der Waals surface area contributed by atoms with Gasteiger partial charge in [0.1, 0.15) is 5.82 Å². The quantitative estimate of drug-likeness (QED) is 0.853. The first-order chi connectivity index (χ1) is 9.81. The van der Waals surface area contributed by atoms with E-state index in [2.05, 4.69) is 20.0 Å². The lowest BCUT2D eigenvalue weighted by atomic mass is 10.3. The van der Waals surface area contributed by atoms with Gasteiger partial charge < -0.3 is 10.6 Å². The highest BCUT2D eigenvalue weighted by Gasteiger charge is 2.12. The van der Waals surface area contributed by atoms with Crippen LogP contribution in [0, 0.1) is 5.82 Å². The third kappa shape index (κ3) is 3.08. The Morgan fingerprint density at radius 2 is 2.20 bits per heavy atom. The molecule has 0 spiro atoms. The molecule has 3 rings (SSSR count). The van der Waals surface area contributed by atoms with E-state index in [4.69, 9.17) is 0 Å². The van der Waals surface area contributed by atoms with Gasteiger partial charge in [0, 0.05) is 36.8 Å². The minimum absolute atomic E-state index is 0.258. The number of hydrogen-bond acceptors (Lipinski definition) is 5. The van der Waals surface area contributed by atoms with Crippen LogP contribution in [0.1, 0.15) is 5.69 Å².